The Kier molecular flexibility index (Phi) is 5.74. The van der Waals surface area contributed by atoms with Crippen LogP contribution in [0.4, 0.5) is 0 Å². The molecule has 2 atom stereocenters. The maximum atomic E-state index is 9.89. The van der Waals surface area contributed by atoms with E-state index < -0.39 is 12.2 Å². The number of halogens is 1. The summed E-state index contributed by atoms with van der Waals surface area (Å²) in [5, 5.41) is 23.3. The monoisotopic (exact) mass is 271 g/mol. The highest BCUT2D eigenvalue weighted by molar-refractivity contribution is 6.32. The van der Waals surface area contributed by atoms with Crippen molar-refractivity contribution in [3.8, 4) is 5.75 Å². The van der Waals surface area contributed by atoms with Gasteiger partial charge in [0.15, 0.2) is 0 Å². The van der Waals surface area contributed by atoms with Crippen LogP contribution >= 0.6 is 11.6 Å². The van der Waals surface area contributed by atoms with Crippen molar-refractivity contribution >= 4 is 11.6 Å². The second kappa shape index (κ2) is 7.08. The maximum Gasteiger partial charge on any atom is 0.137 e. The molecule has 1 aromatic carbocycles. The summed E-state index contributed by atoms with van der Waals surface area (Å²) in [5.41, 5.74) is 8.59. The first-order valence-corrected chi connectivity index (χ1v) is 5.68. The van der Waals surface area contributed by atoms with Crippen molar-refractivity contribution in [1.29, 1.82) is 0 Å². The summed E-state index contributed by atoms with van der Waals surface area (Å²) >= 11 is 5.92. The summed E-state index contributed by atoms with van der Waals surface area (Å²) in [6.45, 7) is 0.124. The van der Waals surface area contributed by atoms with E-state index in [-0.39, 0.29) is 13.0 Å². The molecule has 0 spiro atoms. The van der Waals surface area contributed by atoms with E-state index in [2.05, 4.69) is 10.0 Å². The lowest BCUT2D eigenvalue weighted by atomic mass is 10.0. The lowest BCUT2D eigenvalue weighted by Crippen LogP contribution is -2.19. The van der Waals surface area contributed by atoms with Gasteiger partial charge in [0.2, 0.25) is 0 Å². The third-order valence-corrected chi connectivity index (χ3v) is 2.77. The first kappa shape index (κ1) is 14.6. The zero-order valence-electron chi connectivity index (χ0n) is 9.82. The summed E-state index contributed by atoms with van der Waals surface area (Å²) < 4.78 is 4.99. The Morgan fingerprint density at radius 2 is 2.22 bits per heavy atom. The number of methoxy groups -OCH3 is 1. The maximum absolute atomic E-state index is 9.89. The first-order valence-electron chi connectivity index (χ1n) is 5.30. The van der Waals surface area contributed by atoms with Crippen LogP contribution in [0.2, 0.25) is 5.02 Å². The van der Waals surface area contributed by atoms with Gasteiger partial charge in [-0.1, -0.05) is 22.8 Å². The number of hydrogen-bond donors (Lipinski definition) is 2. The molecule has 1 aromatic rings. The van der Waals surface area contributed by atoms with Crippen molar-refractivity contribution in [2.75, 3.05) is 13.7 Å². The third kappa shape index (κ3) is 3.78. The number of hydrogen-bond acceptors (Lipinski definition) is 4. The van der Waals surface area contributed by atoms with Crippen molar-refractivity contribution in [2.24, 2.45) is 5.11 Å². The van der Waals surface area contributed by atoms with Gasteiger partial charge in [-0.2, -0.15) is 0 Å². The molecule has 0 amide bonds. The topological polar surface area (TPSA) is 98.5 Å². The number of rotatable bonds is 6. The van der Waals surface area contributed by atoms with Crippen LogP contribution in [-0.2, 0) is 0 Å². The molecule has 0 saturated heterocycles. The van der Waals surface area contributed by atoms with Crippen molar-refractivity contribution < 1.29 is 14.9 Å². The standard InChI is InChI=1S/C11H14ClN3O3/c1-18-10-3-2-7(6-8(10)12)11(17)9(16)4-5-14-15-13/h2-3,6,9,11,16-17H,4-5H2,1H3. The quantitative estimate of drug-likeness (QED) is 0.472. The Hall–Kier alpha value is -1.46. The van der Waals surface area contributed by atoms with Gasteiger partial charge < -0.3 is 14.9 Å². The van der Waals surface area contributed by atoms with Crippen molar-refractivity contribution in [3.63, 3.8) is 0 Å². The van der Waals surface area contributed by atoms with E-state index in [9.17, 15) is 10.2 Å². The van der Waals surface area contributed by atoms with Crippen molar-refractivity contribution in [2.45, 2.75) is 18.6 Å². The van der Waals surface area contributed by atoms with Crippen LogP contribution < -0.4 is 4.74 Å². The molecule has 0 aliphatic heterocycles. The van der Waals surface area contributed by atoms with Gasteiger partial charge in [-0.15, -0.1) is 0 Å². The zero-order chi connectivity index (χ0) is 13.5. The minimum absolute atomic E-state index is 0.124. The highest BCUT2D eigenvalue weighted by atomic mass is 35.5. The zero-order valence-corrected chi connectivity index (χ0v) is 10.6. The number of azide groups is 1. The number of benzene rings is 1. The van der Waals surface area contributed by atoms with Gasteiger partial charge in [-0.3, -0.25) is 0 Å². The summed E-state index contributed by atoms with van der Waals surface area (Å²) in [6.07, 6.45) is -1.92. The predicted molar refractivity (Wildman–Crippen MR) is 67.6 cm³/mol. The molecule has 0 fully saturated rings. The Balaban J connectivity index is 2.73. The lowest BCUT2D eigenvalue weighted by Gasteiger charge is -2.18. The molecule has 98 valence electrons. The molecule has 0 radical (unpaired) electrons. The van der Waals surface area contributed by atoms with Gasteiger partial charge >= 0.3 is 0 Å². The van der Waals surface area contributed by atoms with E-state index in [1.807, 2.05) is 0 Å². The van der Waals surface area contributed by atoms with E-state index in [4.69, 9.17) is 21.9 Å². The molecule has 0 aliphatic carbocycles. The Morgan fingerprint density at radius 3 is 2.78 bits per heavy atom. The van der Waals surface area contributed by atoms with Gasteiger partial charge in [0, 0.05) is 11.5 Å². The van der Waals surface area contributed by atoms with Gasteiger partial charge in [0.1, 0.15) is 11.9 Å². The fraction of sp³-hybridized carbons (Fsp3) is 0.455. The molecule has 1 rings (SSSR count). The number of aliphatic hydroxyl groups excluding tert-OH is 2. The Bertz CT molecular complexity index is 449. The number of aliphatic hydroxyl groups is 2. The minimum atomic E-state index is -1.08. The molecule has 6 nitrogen and oxygen atoms in total. The second-order valence-electron chi connectivity index (χ2n) is 3.65. The molecule has 2 unspecified atom stereocenters. The first-order chi connectivity index (χ1) is 8.60. The fourth-order valence-corrected chi connectivity index (χ4v) is 1.75. The second-order valence-corrected chi connectivity index (χ2v) is 4.06. The average Bonchev–Trinajstić information content (AvgIpc) is 2.38. The van der Waals surface area contributed by atoms with Crippen LogP contribution in [0, 0.1) is 0 Å². The lowest BCUT2D eigenvalue weighted by molar-refractivity contribution is 0.0150. The molecular weight excluding hydrogens is 258 g/mol. The summed E-state index contributed by atoms with van der Waals surface area (Å²) in [5.74, 6) is 0.496. The normalized spacial score (nSPS) is 13.6. The summed E-state index contributed by atoms with van der Waals surface area (Å²) in [4.78, 5) is 2.57. The molecule has 0 saturated carbocycles. The highest BCUT2D eigenvalue weighted by Crippen LogP contribution is 2.29. The molecule has 0 bridgehead atoms. The molecule has 0 aliphatic rings. The Morgan fingerprint density at radius 1 is 1.50 bits per heavy atom. The third-order valence-electron chi connectivity index (χ3n) is 2.47. The van der Waals surface area contributed by atoms with Gasteiger partial charge in [0.05, 0.1) is 18.2 Å². The van der Waals surface area contributed by atoms with Gasteiger partial charge in [-0.25, -0.2) is 0 Å². The molecule has 0 heterocycles. The smallest absolute Gasteiger partial charge is 0.137 e. The van der Waals surface area contributed by atoms with Crippen LogP contribution in [0.1, 0.15) is 18.1 Å². The van der Waals surface area contributed by atoms with E-state index in [1.54, 1.807) is 12.1 Å². The van der Waals surface area contributed by atoms with Crippen LogP contribution in [0.15, 0.2) is 23.3 Å². The number of nitrogens with zero attached hydrogens (tertiary/aromatic N) is 3. The van der Waals surface area contributed by atoms with E-state index in [0.717, 1.165) is 0 Å². The molecule has 2 N–H and O–H groups in total. The minimum Gasteiger partial charge on any atom is -0.495 e. The molecular formula is C11H14ClN3O3. The van der Waals surface area contributed by atoms with Gasteiger partial charge in [-0.05, 0) is 29.6 Å². The summed E-state index contributed by atoms with van der Waals surface area (Å²) in [6, 6.07) is 4.76. The number of ether oxygens (including phenoxy) is 1. The van der Waals surface area contributed by atoms with Crippen LogP contribution in [0.3, 0.4) is 0 Å². The van der Waals surface area contributed by atoms with E-state index in [1.165, 1.54) is 13.2 Å². The predicted octanol–water partition coefficient (Wildman–Crippen LogP) is 2.44. The highest BCUT2D eigenvalue weighted by Gasteiger charge is 2.18. The largest absolute Gasteiger partial charge is 0.495 e. The van der Waals surface area contributed by atoms with E-state index in [0.29, 0.717) is 16.3 Å². The van der Waals surface area contributed by atoms with Crippen LogP contribution in [-0.4, -0.2) is 30.0 Å². The molecule has 7 heteroatoms. The van der Waals surface area contributed by atoms with Gasteiger partial charge in [0.25, 0.3) is 0 Å². The van der Waals surface area contributed by atoms with Crippen LogP contribution in [0.5, 0.6) is 5.75 Å². The van der Waals surface area contributed by atoms with Crippen molar-refractivity contribution in [1.82, 2.24) is 0 Å². The SMILES string of the molecule is COc1ccc(C(O)C(O)CCN=[N+]=[N-])cc1Cl. The van der Waals surface area contributed by atoms with Crippen molar-refractivity contribution in [3.05, 3.63) is 39.2 Å². The van der Waals surface area contributed by atoms with Crippen LogP contribution in [0.25, 0.3) is 10.4 Å². The Labute approximate surface area is 109 Å². The van der Waals surface area contributed by atoms with E-state index >= 15 is 0 Å². The average molecular weight is 272 g/mol. The molecule has 18 heavy (non-hydrogen) atoms. The molecule has 0 aromatic heterocycles. The fourth-order valence-electron chi connectivity index (χ4n) is 1.48. The summed E-state index contributed by atoms with van der Waals surface area (Å²) in [7, 11) is 1.49.